The number of nitrogens with zero attached hydrogens (tertiary/aromatic N) is 3. The third kappa shape index (κ3) is 3.66. The van der Waals surface area contributed by atoms with Crippen LogP contribution < -0.4 is 5.32 Å². The first kappa shape index (κ1) is 21.0. The Bertz CT molecular complexity index is 920. The first-order chi connectivity index (χ1) is 14.2. The van der Waals surface area contributed by atoms with E-state index in [4.69, 9.17) is 11.6 Å². The molecule has 3 heterocycles. The van der Waals surface area contributed by atoms with Gasteiger partial charge in [0.05, 0.1) is 6.04 Å². The number of anilines is 1. The van der Waals surface area contributed by atoms with Crippen molar-refractivity contribution in [2.75, 3.05) is 5.32 Å². The summed E-state index contributed by atoms with van der Waals surface area (Å²) in [7, 11) is 0. The number of alkyl halides is 3. The Hall–Kier alpha value is -2.22. The minimum absolute atomic E-state index is 0.0144. The summed E-state index contributed by atoms with van der Waals surface area (Å²) in [5.74, 6) is -0.375. The van der Waals surface area contributed by atoms with E-state index in [1.165, 1.54) is 0 Å². The lowest BCUT2D eigenvalue weighted by Crippen LogP contribution is -2.47. The fourth-order valence-electron chi connectivity index (χ4n) is 4.57. The van der Waals surface area contributed by atoms with Gasteiger partial charge < -0.3 is 10.2 Å². The quantitative estimate of drug-likeness (QED) is 0.661. The largest absolute Gasteiger partial charge is 0.410 e. The molecule has 1 N–H and O–H groups in total. The van der Waals surface area contributed by atoms with Gasteiger partial charge in [0, 0.05) is 18.5 Å². The van der Waals surface area contributed by atoms with Crippen molar-refractivity contribution in [1.82, 2.24) is 14.7 Å². The number of carbonyl (C=O) groups excluding carboxylic acids is 1. The second kappa shape index (κ2) is 7.80. The van der Waals surface area contributed by atoms with E-state index < -0.39 is 24.2 Å². The van der Waals surface area contributed by atoms with E-state index in [0.29, 0.717) is 0 Å². The van der Waals surface area contributed by atoms with Gasteiger partial charge >= 0.3 is 6.18 Å². The van der Waals surface area contributed by atoms with Crippen LogP contribution in [0.3, 0.4) is 0 Å². The van der Waals surface area contributed by atoms with Crippen molar-refractivity contribution in [1.29, 1.82) is 0 Å². The van der Waals surface area contributed by atoms with Gasteiger partial charge in [-0.15, -0.1) is 0 Å². The standard InChI is InChI=1S/C21H24ClF3N4O/c1-12-7-6-8-13(2)28(12)20(30)18-17(22)19-26-15(14-9-4-3-5-10-14)11-16(21(23,24)25)29(19)27-18/h3-5,9-10,12-13,15-16,26H,6-8,11H2,1-2H3. The molecule has 0 aliphatic carbocycles. The lowest BCUT2D eigenvalue weighted by Gasteiger charge is -2.38. The number of hydrogen-bond acceptors (Lipinski definition) is 3. The predicted octanol–water partition coefficient (Wildman–Crippen LogP) is 5.60. The molecule has 0 bridgehead atoms. The molecule has 1 aromatic heterocycles. The van der Waals surface area contributed by atoms with Gasteiger partial charge in [0.15, 0.2) is 11.7 Å². The summed E-state index contributed by atoms with van der Waals surface area (Å²) in [6.07, 6.45) is -2.05. The third-order valence-electron chi connectivity index (χ3n) is 6.13. The number of piperidine rings is 1. The molecule has 0 radical (unpaired) electrons. The second-order valence-electron chi connectivity index (χ2n) is 8.20. The van der Waals surface area contributed by atoms with Crippen molar-refractivity contribution < 1.29 is 18.0 Å². The number of amides is 1. The Balaban J connectivity index is 1.74. The van der Waals surface area contributed by atoms with Gasteiger partial charge in [0.2, 0.25) is 0 Å². The van der Waals surface area contributed by atoms with Crippen molar-refractivity contribution in [3.63, 3.8) is 0 Å². The smallest absolute Gasteiger partial charge is 0.362 e. The molecule has 2 aliphatic heterocycles. The van der Waals surface area contributed by atoms with Crippen LogP contribution in [0.4, 0.5) is 19.0 Å². The topological polar surface area (TPSA) is 50.2 Å². The highest BCUT2D eigenvalue weighted by Gasteiger charge is 2.48. The maximum atomic E-state index is 13.9. The normalized spacial score (nSPS) is 26.8. The molecule has 9 heteroatoms. The number of likely N-dealkylation sites (tertiary alicyclic amines) is 1. The molecule has 1 fully saturated rings. The first-order valence-electron chi connectivity index (χ1n) is 10.2. The minimum Gasteiger partial charge on any atom is -0.362 e. The Morgan fingerprint density at radius 2 is 1.80 bits per heavy atom. The van der Waals surface area contributed by atoms with Crippen LogP contribution in [-0.2, 0) is 0 Å². The number of benzene rings is 1. The lowest BCUT2D eigenvalue weighted by atomic mass is 9.97. The Labute approximate surface area is 178 Å². The molecule has 30 heavy (non-hydrogen) atoms. The van der Waals surface area contributed by atoms with Gasteiger partial charge in [-0.2, -0.15) is 18.3 Å². The fourth-order valence-corrected chi connectivity index (χ4v) is 4.83. The molecule has 0 spiro atoms. The monoisotopic (exact) mass is 440 g/mol. The average Bonchev–Trinajstić information content (AvgIpc) is 3.03. The minimum atomic E-state index is -4.52. The fraction of sp³-hybridized carbons (Fsp3) is 0.524. The van der Waals surface area contributed by atoms with E-state index in [1.807, 2.05) is 19.9 Å². The summed E-state index contributed by atoms with van der Waals surface area (Å²) in [5, 5.41) is 7.11. The average molecular weight is 441 g/mol. The highest BCUT2D eigenvalue weighted by molar-refractivity contribution is 6.36. The van der Waals surface area contributed by atoms with E-state index >= 15 is 0 Å². The summed E-state index contributed by atoms with van der Waals surface area (Å²) in [5.41, 5.74) is 0.601. The van der Waals surface area contributed by atoms with E-state index in [1.54, 1.807) is 29.2 Å². The van der Waals surface area contributed by atoms with E-state index in [0.717, 1.165) is 29.5 Å². The van der Waals surface area contributed by atoms with Crippen LogP contribution >= 0.6 is 11.6 Å². The summed E-state index contributed by atoms with van der Waals surface area (Å²) < 4.78 is 42.6. The zero-order valence-corrected chi connectivity index (χ0v) is 17.5. The maximum Gasteiger partial charge on any atom is 0.410 e. The Morgan fingerprint density at radius 3 is 2.40 bits per heavy atom. The van der Waals surface area contributed by atoms with Gasteiger partial charge in [-0.05, 0) is 38.7 Å². The summed E-state index contributed by atoms with van der Waals surface area (Å²) in [6.45, 7) is 3.89. The highest BCUT2D eigenvalue weighted by Crippen LogP contribution is 2.46. The second-order valence-corrected chi connectivity index (χ2v) is 8.58. The Kier molecular flexibility index (Phi) is 5.46. The molecule has 4 unspecified atom stereocenters. The molecule has 2 aliphatic rings. The van der Waals surface area contributed by atoms with Crippen molar-refractivity contribution in [3.05, 3.63) is 46.6 Å². The zero-order chi connectivity index (χ0) is 21.6. The highest BCUT2D eigenvalue weighted by atomic mass is 35.5. The van der Waals surface area contributed by atoms with Crippen LogP contribution in [0.15, 0.2) is 30.3 Å². The van der Waals surface area contributed by atoms with Gasteiger partial charge in [-0.25, -0.2) is 4.68 Å². The van der Waals surface area contributed by atoms with Gasteiger partial charge in [-0.1, -0.05) is 41.9 Å². The first-order valence-corrected chi connectivity index (χ1v) is 10.5. The molecule has 1 amide bonds. The number of aromatic nitrogens is 2. The van der Waals surface area contributed by atoms with Crippen LogP contribution in [0.5, 0.6) is 0 Å². The van der Waals surface area contributed by atoms with Crippen LogP contribution in [0.25, 0.3) is 0 Å². The molecule has 4 rings (SSSR count). The molecular weight excluding hydrogens is 417 g/mol. The van der Waals surface area contributed by atoms with Crippen LogP contribution in [0.2, 0.25) is 5.02 Å². The molecule has 4 atom stereocenters. The van der Waals surface area contributed by atoms with Gasteiger partial charge in [0.1, 0.15) is 10.8 Å². The number of rotatable bonds is 2. The van der Waals surface area contributed by atoms with Crippen molar-refractivity contribution in [3.8, 4) is 0 Å². The molecular formula is C21H24ClF3N4O. The summed E-state index contributed by atoms with van der Waals surface area (Å²) >= 11 is 6.46. The maximum absolute atomic E-state index is 13.9. The molecule has 2 aromatic rings. The van der Waals surface area contributed by atoms with Crippen LogP contribution in [0, 0.1) is 0 Å². The van der Waals surface area contributed by atoms with Crippen molar-refractivity contribution >= 4 is 23.3 Å². The number of hydrogen-bond donors (Lipinski definition) is 1. The number of carbonyl (C=O) groups is 1. The molecule has 162 valence electrons. The van der Waals surface area contributed by atoms with Crippen molar-refractivity contribution in [2.24, 2.45) is 0 Å². The van der Waals surface area contributed by atoms with E-state index in [-0.39, 0.29) is 35.0 Å². The lowest BCUT2D eigenvalue weighted by molar-refractivity contribution is -0.173. The SMILES string of the molecule is CC1CCCC(C)N1C(=O)c1nn2c(c1Cl)NC(c1ccccc1)CC2C(F)(F)F. The zero-order valence-electron chi connectivity index (χ0n) is 16.8. The van der Waals surface area contributed by atoms with E-state index in [2.05, 4.69) is 10.4 Å². The van der Waals surface area contributed by atoms with Gasteiger partial charge in [-0.3, -0.25) is 4.79 Å². The Morgan fingerprint density at radius 1 is 1.17 bits per heavy atom. The summed E-state index contributed by atoms with van der Waals surface area (Å²) in [4.78, 5) is 14.9. The van der Waals surface area contributed by atoms with Crippen LogP contribution in [0.1, 0.15) is 67.7 Å². The molecule has 5 nitrogen and oxygen atoms in total. The van der Waals surface area contributed by atoms with Crippen molar-refractivity contribution in [2.45, 2.75) is 69.9 Å². The molecule has 1 aromatic carbocycles. The molecule has 0 saturated carbocycles. The third-order valence-corrected chi connectivity index (χ3v) is 6.49. The van der Waals surface area contributed by atoms with Gasteiger partial charge in [0.25, 0.3) is 5.91 Å². The van der Waals surface area contributed by atoms with E-state index in [9.17, 15) is 18.0 Å². The number of fused-ring (bicyclic) bond motifs is 1. The number of halogens is 4. The predicted molar refractivity (Wildman–Crippen MR) is 109 cm³/mol. The summed E-state index contributed by atoms with van der Waals surface area (Å²) in [6, 6.07) is 6.43. The number of nitrogens with one attached hydrogen (secondary N) is 1. The van der Waals surface area contributed by atoms with Crippen LogP contribution in [-0.4, -0.2) is 38.8 Å². The molecule has 1 saturated heterocycles.